The molecular weight excluding hydrogens is 440 g/mol. The molecule has 0 bridgehead atoms. The maximum absolute atomic E-state index is 13.4. The predicted molar refractivity (Wildman–Crippen MR) is 121 cm³/mol. The number of carbonyl (C=O) groups is 1. The lowest BCUT2D eigenvalue weighted by Crippen LogP contribution is -2.34. The van der Waals surface area contributed by atoms with Gasteiger partial charge in [0.25, 0.3) is 5.91 Å². The summed E-state index contributed by atoms with van der Waals surface area (Å²) in [5.41, 5.74) is 2.89. The van der Waals surface area contributed by atoms with Gasteiger partial charge < -0.3 is 8.83 Å². The van der Waals surface area contributed by atoms with Crippen LogP contribution in [-0.4, -0.2) is 36.8 Å². The molecule has 5 heterocycles. The molecule has 1 aliphatic carbocycles. The molecule has 10 heteroatoms. The standard InChI is InChI=1S/C23H20N6O3S/c30-20(13-28-26-23(24-27-28)16-8-11-33-14-16)29-22(19-7-3-10-32-19)18-6-1-4-15(21(18)25-29)12-17-5-2-9-31-17/h2-3,5,7-12,14,18,22H,1,4,6,13H2. The SMILES string of the molecule is O=C(Cn1nnc(-c2ccsc2)n1)N1N=C2C(=Cc3ccco3)CCCC2C1c1ccco1. The molecule has 1 aliphatic heterocycles. The molecule has 6 rings (SSSR count). The number of hydrogen-bond acceptors (Lipinski definition) is 8. The molecule has 0 aromatic carbocycles. The zero-order valence-electron chi connectivity index (χ0n) is 17.6. The van der Waals surface area contributed by atoms with Crippen molar-refractivity contribution in [2.45, 2.75) is 31.8 Å². The molecule has 0 spiro atoms. The molecule has 4 aromatic heterocycles. The van der Waals surface area contributed by atoms with Gasteiger partial charge in [-0.3, -0.25) is 4.79 Å². The van der Waals surface area contributed by atoms with Crippen LogP contribution in [0.3, 0.4) is 0 Å². The summed E-state index contributed by atoms with van der Waals surface area (Å²) in [6.07, 6.45) is 8.12. The molecule has 2 unspecified atom stereocenters. The number of aromatic nitrogens is 4. The number of amides is 1. The second kappa shape index (κ2) is 8.28. The minimum atomic E-state index is -0.303. The van der Waals surface area contributed by atoms with Crippen molar-refractivity contribution < 1.29 is 13.6 Å². The first-order valence-electron chi connectivity index (χ1n) is 10.7. The van der Waals surface area contributed by atoms with Crippen LogP contribution in [0.2, 0.25) is 0 Å². The number of carbonyl (C=O) groups excluding carboxylic acids is 1. The summed E-state index contributed by atoms with van der Waals surface area (Å²) < 4.78 is 11.3. The van der Waals surface area contributed by atoms with Crippen LogP contribution >= 0.6 is 11.3 Å². The summed E-state index contributed by atoms with van der Waals surface area (Å²) >= 11 is 1.56. The van der Waals surface area contributed by atoms with Gasteiger partial charge in [-0.1, -0.05) is 0 Å². The summed E-state index contributed by atoms with van der Waals surface area (Å²) in [5.74, 6) is 1.83. The van der Waals surface area contributed by atoms with Gasteiger partial charge in [-0.05, 0) is 71.8 Å². The van der Waals surface area contributed by atoms with E-state index in [1.165, 1.54) is 9.81 Å². The summed E-state index contributed by atoms with van der Waals surface area (Å²) in [5, 5.41) is 22.7. The first-order valence-corrected chi connectivity index (χ1v) is 11.7. The quantitative estimate of drug-likeness (QED) is 0.437. The van der Waals surface area contributed by atoms with Gasteiger partial charge >= 0.3 is 0 Å². The van der Waals surface area contributed by atoms with Crippen molar-refractivity contribution in [1.29, 1.82) is 0 Å². The molecule has 9 nitrogen and oxygen atoms in total. The van der Waals surface area contributed by atoms with Crippen LogP contribution in [0.5, 0.6) is 0 Å². The van der Waals surface area contributed by atoms with Crippen LogP contribution in [0.25, 0.3) is 17.5 Å². The van der Waals surface area contributed by atoms with Gasteiger partial charge in [-0.2, -0.15) is 21.2 Å². The second-order valence-electron chi connectivity index (χ2n) is 8.02. The molecule has 1 fully saturated rings. The van der Waals surface area contributed by atoms with E-state index < -0.39 is 0 Å². The number of thiophene rings is 1. The predicted octanol–water partition coefficient (Wildman–Crippen LogP) is 4.41. The number of furan rings is 2. The highest BCUT2D eigenvalue weighted by Crippen LogP contribution is 2.44. The first kappa shape index (κ1) is 19.9. The molecular formula is C23H20N6O3S. The Kier molecular flexibility index (Phi) is 4.99. The largest absolute Gasteiger partial charge is 0.467 e. The molecule has 0 saturated heterocycles. The van der Waals surface area contributed by atoms with Crippen molar-refractivity contribution in [1.82, 2.24) is 25.2 Å². The van der Waals surface area contributed by atoms with E-state index in [1.807, 2.05) is 47.2 Å². The van der Waals surface area contributed by atoms with Crippen molar-refractivity contribution in [3.63, 3.8) is 0 Å². The second-order valence-corrected chi connectivity index (χ2v) is 8.80. The third-order valence-electron chi connectivity index (χ3n) is 5.96. The van der Waals surface area contributed by atoms with E-state index in [-0.39, 0.29) is 24.4 Å². The fraction of sp³-hybridized carbons (Fsp3) is 0.261. The highest BCUT2D eigenvalue weighted by Gasteiger charge is 2.45. The Labute approximate surface area is 193 Å². The van der Waals surface area contributed by atoms with Gasteiger partial charge in [-0.25, -0.2) is 5.01 Å². The smallest absolute Gasteiger partial charge is 0.267 e. The molecule has 1 amide bonds. The van der Waals surface area contributed by atoms with E-state index in [9.17, 15) is 4.79 Å². The van der Waals surface area contributed by atoms with E-state index >= 15 is 0 Å². The van der Waals surface area contributed by atoms with Crippen LogP contribution in [-0.2, 0) is 11.3 Å². The Morgan fingerprint density at radius 1 is 1.21 bits per heavy atom. The molecule has 2 atom stereocenters. The van der Waals surface area contributed by atoms with Crippen LogP contribution in [0, 0.1) is 5.92 Å². The van der Waals surface area contributed by atoms with Crippen molar-refractivity contribution in [3.8, 4) is 11.4 Å². The zero-order chi connectivity index (χ0) is 22.2. The zero-order valence-corrected chi connectivity index (χ0v) is 18.4. The Hall–Kier alpha value is -3.79. The van der Waals surface area contributed by atoms with Crippen LogP contribution in [0.4, 0.5) is 0 Å². The van der Waals surface area contributed by atoms with Gasteiger partial charge in [0.15, 0.2) is 0 Å². The molecule has 1 saturated carbocycles. The van der Waals surface area contributed by atoms with Crippen LogP contribution in [0.1, 0.15) is 36.8 Å². The Morgan fingerprint density at radius 3 is 2.91 bits per heavy atom. The van der Waals surface area contributed by atoms with E-state index in [0.29, 0.717) is 5.82 Å². The number of hydrogen-bond donors (Lipinski definition) is 0. The minimum absolute atomic E-state index is 0.0557. The number of nitrogens with zero attached hydrogens (tertiary/aromatic N) is 6. The fourth-order valence-corrected chi connectivity index (χ4v) is 5.14. The third kappa shape index (κ3) is 3.72. The Morgan fingerprint density at radius 2 is 2.12 bits per heavy atom. The lowest BCUT2D eigenvalue weighted by atomic mass is 9.79. The van der Waals surface area contributed by atoms with E-state index in [0.717, 1.165) is 47.6 Å². The molecule has 166 valence electrons. The van der Waals surface area contributed by atoms with Crippen molar-refractivity contribution >= 4 is 29.0 Å². The normalized spacial score (nSPS) is 21.4. The summed E-state index contributed by atoms with van der Waals surface area (Å²) in [7, 11) is 0. The van der Waals surface area contributed by atoms with Gasteiger partial charge in [-0.15, -0.1) is 10.2 Å². The monoisotopic (exact) mass is 460 g/mol. The minimum Gasteiger partial charge on any atom is -0.467 e. The van der Waals surface area contributed by atoms with Gasteiger partial charge in [0.2, 0.25) is 5.82 Å². The van der Waals surface area contributed by atoms with Crippen molar-refractivity contribution in [3.05, 3.63) is 70.7 Å². The van der Waals surface area contributed by atoms with Crippen LogP contribution < -0.4 is 0 Å². The van der Waals surface area contributed by atoms with Crippen molar-refractivity contribution in [2.75, 3.05) is 0 Å². The maximum atomic E-state index is 13.4. The highest BCUT2D eigenvalue weighted by molar-refractivity contribution is 7.08. The number of fused-ring (bicyclic) bond motifs is 1. The van der Waals surface area contributed by atoms with E-state index in [2.05, 4.69) is 15.4 Å². The van der Waals surface area contributed by atoms with Gasteiger partial charge in [0.05, 0.1) is 18.2 Å². The lowest BCUT2D eigenvalue weighted by molar-refractivity contribution is -0.135. The van der Waals surface area contributed by atoms with Gasteiger partial charge in [0.1, 0.15) is 24.1 Å². The maximum Gasteiger partial charge on any atom is 0.267 e. The van der Waals surface area contributed by atoms with Crippen molar-refractivity contribution in [2.24, 2.45) is 11.0 Å². The summed E-state index contributed by atoms with van der Waals surface area (Å²) in [6, 6.07) is 9.13. The average Bonchev–Trinajstić information content (AvgIpc) is 3.64. The lowest BCUT2D eigenvalue weighted by Gasteiger charge is -2.27. The molecule has 0 N–H and O–H groups in total. The van der Waals surface area contributed by atoms with Gasteiger partial charge in [0, 0.05) is 16.9 Å². The number of allylic oxidation sites excluding steroid dienone is 1. The van der Waals surface area contributed by atoms with Crippen LogP contribution in [0.15, 0.2) is 73.1 Å². The average molecular weight is 461 g/mol. The highest BCUT2D eigenvalue weighted by atomic mass is 32.1. The Bertz CT molecular complexity index is 1300. The molecule has 4 aromatic rings. The molecule has 2 aliphatic rings. The Balaban J connectivity index is 1.31. The first-order chi connectivity index (χ1) is 16.3. The summed E-state index contributed by atoms with van der Waals surface area (Å²) in [6.45, 7) is -0.0604. The molecule has 0 radical (unpaired) electrons. The topological polar surface area (TPSA) is 103 Å². The molecule has 33 heavy (non-hydrogen) atoms. The van der Waals surface area contributed by atoms with E-state index in [4.69, 9.17) is 13.9 Å². The summed E-state index contributed by atoms with van der Waals surface area (Å²) in [4.78, 5) is 14.7. The number of rotatable bonds is 5. The fourth-order valence-electron chi connectivity index (χ4n) is 4.50. The third-order valence-corrected chi connectivity index (χ3v) is 6.64. The number of hydrazone groups is 1. The number of tetrazole rings is 1. The van der Waals surface area contributed by atoms with E-state index in [1.54, 1.807) is 23.9 Å².